The van der Waals surface area contributed by atoms with Crippen LogP contribution in [0, 0.1) is 11.3 Å². The van der Waals surface area contributed by atoms with Crippen molar-refractivity contribution in [2.45, 2.75) is 55.5 Å². The van der Waals surface area contributed by atoms with E-state index in [2.05, 4.69) is 36.2 Å². The molecule has 1 saturated heterocycles. The van der Waals surface area contributed by atoms with Gasteiger partial charge in [0.15, 0.2) is 11.5 Å². The number of rotatable bonds is 3. The van der Waals surface area contributed by atoms with E-state index in [1.165, 1.54) is 11.1 Å². The standard InChI is InChI=1S/C23H29NO4/c1-13(25)15-12-21-7-8-23(15,27-4)20-22(21)9-10-24(2)17(21)11-14-5-6-16(26-3)19(28-20)18(14)22/h5-8,13,15,17,20,25H,9-12H2,1-4H3/t13-,15?,17?,20?,21?,22-,23?/m0/s1. The molecule has 1 aromatic rings. The number of benzene rings is 1. The number of piperidine rings is 1. The fourth-order valence-corrected chi connectivity index (χ4v) is 7.81. The third-order valence-electron chi connectivity index (χ3n) is 8.91. The molecular formula is C23H29NO4. The molecule has 5 heteroatoms. The summed E-state index contributed by atoms with van der Waals surface area (Å²) in [6.45, 7) is 2.95. The normalized spacial score (nSPS) is 45.5. The van der Waals surface area contributed by atoms with Crippen molar-refractivity contribution in [3.05, 3.63) is 35.4 Å². The SMILES string of the molecule is COc1ccc2c3c1OC1C4(OC)C=CC5(CC4[C@H](C)O)C(C2)N(C)CC[C@]315. The number of hydrogen-bond acceptors (Lipinski definition) is 5. The van der Waals surface area contributed by atoms with Crippen LogP contribution in [0.3, 0.4) is 0 Å². The van der Waals surface area contributed by atoms with Gasteiger partial charge in [0.25, 0.3) is 0 Å². The van der Waals surface area contributed by atoms with Crippen molar-refractivity contribution in [2.75, 3.05) is 27.8 Å². The van der Waals surface area contributed by atoms with Gasteiger partial charge in [0.1, 0.15) is 11.7 Å². The largest absolute Gasteiger partial charge is 0.493 e. The predicted molar refractivity (Wildman–Crippen MR) is 105 cm³/mol. The summed E-state index contributed by atoms with van der Waals surface area (Å²) in [6.07, 6.45) is 7.06. The van der Waals surface area contributed by atoms with Crippen molar-refractivity contribution >= 4 is 0 Å². The number of methoxy groups -OCH3 is 2. The fraction of sp³-hybridized carbons (Fsp3) is 0.652. The average molecular weight is 383 g/mol. The summed E-state index contributed by atoms with van der Waals surface area (Å²) in [5.41, 5.74) is 1.97. The van der Waals surface area contributed by atoms with Crippen LogP contribution in [-0.4, -0.2) is 61.7 Å². The van der Waals surface area contributed by atoms with E-state index in [4.69, 9.17) is 14.2 Å². The number of aliphatic hydroxyl groups is 1. The van der Waals surface area contributed by atoms with Crippen molar-refractivity contribution in [3.8, 4) is 11.5 Å². The highest BCUT2D eigenvalue weighted by Gasteiger charge is 2.79. The molecule has 1 aromatic carbocycles. The van der Waals surface area contributed by atoms with Gasteiger partial charge in [-0.15, -0.1) is 0 Å². The first-order valence-corrected chi connectivity index (χ1v) is 10.5. The Labute approximate surface area is 166 Å². The number of hydrogen-bond donors (Lipinski definition) is 1. The van der Waals surface area contributed by atoms with Crippen LogP contribution in [0.4, 0.5) is 0 Å². The van der Waals surface area contributed by atoms with Gasteiger partial charge in [0.05, 0.1) is 18.6 Å². The van der Waals surface area contributed by atoms with Crippen molar-refractivity contribution in [2.24, 2.45) is 11.3 Å². The lowest BCUT2D eigenvalue weighted by atomic mass is 9.37. The van der Waals surface area contributed by atoms with Gasteiger partial charge < -0.3 is 24.2 Å². The zero-order valence-corrected chi connectivity index (χ0v) is 17.1. The van der Waals surface area contributed by atoms with Gasteiger partial charge in [-0.3, -0.25) is 0 Å². The molecule has 0 radical (unpaired) electrons. The van der Waals surface area contributed by atoms with Gasteiger partial charge in [-0.2, -0.15) is 0 Å². The zero-order valence-electron chi connectivity index (χ0n) is 17.1. The van der Waals surface area contributed by atoms with E-state index in [-0.39, 0.29) is 22.9 Å². The lowest BCUT2D eigenvalue weighted by Crippen LogP contribution is -2.79. The van der Waals surface area contributed by atoms with Crippen molar-refractivity contribution in [1.29, 1.82) is 0 Å². The van der Waals surface area contributed by atoms with Crippen LogP contribution < -0.4 is 9.47 Å². The lowest BCUT2D eigenvalue weighted by molar-refractivity contribution is -0.228. The number of nitrogens with zero attached hydrogens (tertiary/aromatic N) is 1. The van der Waals surface area contributed by atoms with Gasteiger partial charge in [0.2, 0.25) is 0 Å². The van der Waals surface area contributed by atoms with Gasteiger partial charge in [-0.25, -0.2) is 0 Å². The summed E-state index contributed by atoms with van der Waals surface area (Å²) in [5.74, 6) is 1.74. The van der Waals surface area contributed by atoms with Gasteiger partial charge in [0, 0.05) is 30.0 Å². The second-order valence-corrected chi connectivity index (χ2v) is 9.53. The third kappa shape index (κ3) is 1.54. The molecule has 4 aliphatic carbocycles. The number of likely N-dealkylation sites (tertiary alicyclic amines) is 1. The molecule has 1 saturated carbocycles. The topological polar surface area (TPSA) is 51.2 Å². The Morgan fingerprint density at radius 2 is 2.11 bits per heavy atom. The first kappa shape index (κ1) is 17.3. The van der Waals surface area contributed by atoms with E-state index in [1.54, 1.807) is 14.2 Å². The van der Waals surface area contributed by atoms with Crippen LogP contribution in [0.5, 0.6) is 11.5 Å². The molecule has 6 aliphatic rings. The van der Waals surface area contributed by atoms with E-state index >= 15 is 0 Å². The molecule has 7 rings (SSSR count). The Morgan fingerprint density at radius 1 is 1.29 bits per heavy atom. The van der Waals surface area contributed by atoms with Crippen LogP contribution >= 0.6 is 0 Å². The summed E-state index contributed by atoms with van der Waals surface area (Å²) in [6, 6.07) is 4.70. The molecule has 2 heterocycles. The van der Waals surface area contributed by atoms with E-state index in [1.807, 2.05) is 6.92 Å². The van der Waals surface area contributed by atoms with Crippen molar-refractivity contribution in [3.63, 3.8) is 0 Å². The molecule has 5 nitrogen and oxygen atoms in total. The van der Waals surface area contributed by atoms with Gasteiger partial charge in [-0.1, -0.05) is 18.2 Å². The third-order valence-corrected chi connectivity index (χ3v) is 8.91. The Morgan fingerprint density at radius 3 is 2.82 bits per heavy atom. The lowest BCUT2D eigenvalue weighted by Gasteiger charge is -2.71. The molecule has 5 unspecified atom stereocenters. The number of likely N-dealkylation sites (N-methyl/N-ethyl adjacent to an activating group) is 1. The maximum atomic E-state index is 10.8. The summed E-state index contributed by atoms with van der Waals surface area (Å²) < 4.78 is 18.8. The monoisotopic (exact) mass is 383 g/mol. The van der Waals surface area contributed by atoms with Crippen LogP contribution in [0.2, 0.25) is 0 Å². The van der Waals surface area contributed by atoms with Crippen LogP contribution in [0.15, 0.2) is 24.3 Å². The summed E-state index contributed by atoms with van der Waals surface area (Å²) in [5, 5.41) is 10.8. The summed E-state index contributed by atoms with van der Waals surface area (Å²) in [4.78, 5) is 2.53. The zero-order chi connectivity index (χ0) is 19.5. The molecule has 4 bridgehead atoms. The molecular weight excluding hydrogens is 354 g/mol. The van der Waals surface area contributed by atoms with E-state index < -0.39 is 11.7 Å². The second kappa shape index (κ2) is 5.13. The molecule has 28 heavy (non-hydrogen) atoms. The molecule has 2 spiro atoms. The van der Waals surface area contributed by atoms with E-state index in [0.29, 0.717) is 6.04 Å². The first-order valence-electron chi connectivity index (χ1n) is 10.5. The van der Waals surface area contributed by atoms with E-state index in [0.717, 1.165) is 37.3 Å². The quantitative estimate of drug-likeness (QED) is 0.812. The first-order chi connectivity index (χ1) is 13.4. The number of ether oxygens (including phenoxy) is 3. The maximum Gasteiger partial charge on any atom is 0.166 e. The van der Waals surface area contributed by atoms with Crippen molar-refractivity contribution < 1.29 is 19.3 Å². The minimum atomic E-state index is -0.616. The van der Waals surface area contributed by atoms with Gasteiger partial charge in [-0.05, 0) is 51.4 Å². The minimum Gasteiger partial charge on any atom is -0.493 e. The molecule has 2 fully saturated rings. The average Bonchev–Trinajstić information content (AvgIpc) is 3.07. The molecule has 1 N–H and O–H groups in total. The summed E-state index contributed by atoms with van der Waals surface area (Å²) >= 11 is 0. The highest BCUT2D eigenvalue weighted by atomic mass is 16.6. The molecule has 0 aromatic heterocycles. The Hall–Kier alpha value is -1.56. The number of fused-ring (bicyclic) bond motifs is 1. The maximum absolute atomic E-state index is 10.8. The highest BCUT2D eigenvalue weighted by molar-refractivity contribution is 5.65. The predicted octanol–water partition coefficient (Wildman–Crippen LogP) is 2.30. The van der Waals surface area contributed by atoms with Crippen molar-refractivity contribution in [1.82, 2.24) is 4.90 Å². The Kier molecular flexibility index (Phi) is 3.17. The van der Waals surface area contributed by atoms with Gasteiger partial charge >= 0.3 is 0 Å². The molecule has 2 aliphatic heterocycles. The molecule has 7 atom stereocenters. The molecule has 0 amide bonds. The Bertz CT molecular complexity index is 897. The molecule has 150 valence electrons. The summed E-state index contributed by atoms with van der Waals surface area (Å²) in [7, 11) is 5.74. The number of aliphatic hydroxyl groups excluding tert-OH is 1. The fourth-order valence-electron chi connectivity index (χ4n) is 7.81. The minimum absolute atomic E-state index is 0.0106. The van der Waals surface area contributed by atoms with Crippen LogP contribution in [0.1, 0.15) is 30.9 Å². The smallest absolute Gasteiger partial charge is 0.166 e. The van der Waals surface area contributed by atoms with Crippen LogP contribution in [-0.2, 0) is 16.6 Å². The highest BCUT2D eigenvalue weighted by Crippen LogP contribution is 2.74. The second-order valence-electron chi connectivity index (χ2n) is 9.53. The Balaban J connectivity index is 1.71. The van der Waals surface area contributed by atoms with Crippen LogP contribution in [0.25, 0.3) is 0 Å². The van der Waals surface area contributed by atoms with E-state index in [9.17, 15) is 5.11 Å².